The Balaban J connectivity index is 1.29. The zero-order chi connectivity index (χ0) is 20.9. The Hall–Kier alpha value is -2.82. The van der Waals surface area contributed by atoms with Crippen LogP contribution in [0, 0.1) is 5.92 Å². The van der Waals surface area contributed by atoms with Crippen LogP contribution < -0.4 is 9.64 Å². The van der Waals surface area contributed by atoms with Crippen LogP contribution in [0.2, 0.25) is 0 Å². The van der Waals surface area contributed by atoms with Crippen molar-refractivity contribution in [3.05, 3.63) is 59.7 Å². The first-order valence-corrected chi connectivity index (χ1v) is 10.9. The summed E-state index contributed by atoms with van der Waals surface area (Å²) >= 11 is 0. The van der Waals surface area contributed by atoms with E-state index in [4.69, 9.17) is 4.74 Å². The Labute approximate surface area is 178 Å². The molecular formula is C25H30N2O3. The van der Waals surface area contributed by atoms with Gasteiger partial charge in [-0.25, -0.2) is 0 Å². The van der Waals surface area contributed by atoms with E-state index in [1.807, 2.05) is 36.4 Å². The van der Waals surface area contributed by atoms with Crippen molar-refractivity contribution in [2.24, 2.45) is 5.92 Å². The monoisotopic (exact) mass is 406 g/mol. The van der Waals surface area contributed by atoms with Crippen molar-refractivity contribution < 1.29 is 14.3 Å². The molecule has 1 amide bonds. The van der Waals surface area contributed by atoms with Gasteiger partial charge in [0.1, 0.15) is 12.0 Å². The molecule has 0 bridgehead atoms. The maximum Gasteiger partial charge on any atom is 0.225 e. The van der Waals surface area contributed by atoms with Gasteiger partial charge >= 0.3 is 0 Å². The summed E-state index contributed by atoms with van der Waals surface area (Å²) in [6, 6.07) is 15.9. The van der Waals surface area contributed by atoms with E-state index >= 15 is 0 Å². The van der Waals surface area contributed by atoms with Crippen molar-refractivity contribution in [3.8, 4) is 5.75 Å². The fourth-order valence-corrected chi connectivity index (χ4v) is 4.82. The molecule has 0 aromatic heterocycles. The highest BCUT2D eigenvalue weighted by Gasteiger charge is 2.31. The first kappa shape index (κ1) is 20.5. The van der Waals surface area contributed by atoms with Gasteiger partial charge in [0.15, 0.2) is 0 Å². The SMILES string of the molecule is COc1ccccc1C1CCN(C(=O)C2CCN(c3ccc(C=O)cc3)CC2)CC1. The van der Waals surface area contributed by atoms with E-state index in [-0.39, 0.29) is 5.92 Å². The number of likely N-dealkylation sites (tertiary alicyclic amines) is 1. The molecule has 0 radical (unpaired) electrons. The molecule has 2 saturated heterocycles. The summed E-state index contributed by atoms with van der Waals surface area (Å²) in [7, 11) is 1.72. The van der Waals surface area contributed by atoms with E-state index in [0.717, 1.165) is 69.6 Å². The lowest BCUT2D eigenvalue weighted by atomic mass is 9.87. The molecule has 0 aliphatic carbocycles. The highest BCUT2D eigenvalue weighted by molar-refractivity contribution is 5.79. The molecule has 0 spiro atoms. The number of benzene rings is 2. The van der Waals surface area contributed by atoms with E-state index < -0.39 is 0 Å². The second kappa shape index (κ2) is 9.33. The van der Waals surface area contributed by atoms with Gasteiger partial charge < -0.3 is 14.5 Å². The maximum absolute atomic E-state index is 13.1. The fourth-order valence-electron chi connectivity index (χ4n) is 4.82. The highest BCUT2D eigenvalue weighted by Crippen LogP contribution is 2.35. The van der Waals surface area contributed by atoms with Gasteiger partial charge in [0.05, 0.1) is 7.11 Å². The molecule has 30 heavy (non-hydrogen) atoms. The predicted molar refractivity (Wildman–Crippen MR) is 118 cm³/mol. The number of carbonyl (C=O) groups excluding carboxylic acids is 2. The Bertz CT molecular complexity index is 864. The molecule has 2 fully saturated rings. The molecule has 0 atom stereocenters. The van der Waals surface area contributed by atoms with E-state index in [0.29, 0.717) is 17.4 Å². The zero-order valence-corrected chi connectivity index (χ0v) is 17.6. The highest BCUT2D eigenvalue weighted by atomic mass is 16.5. The van der Waals surface area contributed by atoms with Gasteiger partial charge in [0.2, 0.25) is 5.91 Å². The number of para-hydroxylation sites is 1. The average Bonchev–Trinajstić information content (AvgIpc) is 2.84. The topological polar surface area (TPSA) is 49.9 Å². The molecule has 2 aliphatic heterocycles. The molecular weight excluding hydrogens is 376 g/mol. The average molecular weight is 407 g/mol. The number of nitrogens with zero attached hydrogens (tertiary/aromatic N) is 2. The van der Waals surface area contributed by atoms with Crippen molar-refractivity contribution in [1.82, 2.24) is 4.90 Å². The Kier molecular flexibility index (Phi) is 6.36. The van der Waals surface area contributed by atoms with Crippen molar-refractivity contribution in [2.45, 2.75) is 31.6 Å². The lowest BCUT2D eigenvalue weighted by Crippen LogP contribution is -2.45. The zero-order valence-electron chi connectivity index (χ0n) is 17.6. The van der Waals surface area contributed by atoms with Crippen LogP contribution in [-0.2, 0) is 4.79 Å². The van der Waals surface area contributed by atoms with Crippen LogP contribution >= 0.6 is 0 Å². The summed E-state index contributed by atoms with van der Waals surface area (Å²) < 4.78 is 5.53. The van der Waals surface area contributed by atoms with Crippen LogP contribution in [0.25, 0.3) is 0 Å². The van der Waals surface area contributed by atoms with Crippen LogP contribution in [0.5, 0.6) is 5.75 Å². The summed E-state index contributed by atoms with van der Waals surface area (Å²) in [5, 5.41) is 0. The maximum atomic E-state index is 13.1. The van der Waals surface area contributed by atoms with E-state index in [1.54, 1.807) is 7.11 Å². The molecule has 5 heteroatoms. The third-order valence-corrected chi connectivity index (χ3v) is 6.62. The van der Waals surface area contributed by atoms with Gasteiger partial charge in [-0.3, -0.25) is 9.59 Å². The van der Waals surface area contributed by atoms with Gasteiger partial charge in [-0.05, 0) is 67.5 Å². The van der Waals surface area contributed by atoms with Crippen molar-refractivity contribution >= 4 is 17.9 Å². The van der Waals surface area contributed by atoms with Crippen LogP contribution in [0.3, 0.4) is 0 Å². The summed E-state index contributed by atoms with van der Waals surface area (Å²) in [6.07, 6.45) is 4.63. The molecule has 158 valence electrons. The number of ether oxygens (including phenoxy) is 1. The number of piperidine rings is 2. The first-order chi connectivity index (χ1) is 14.7. The lowest BCUT2D eigenvalue weighted by Gasteiger charge is -2.38. The summed E-state index contributed by atoms with van der Waals surface area (Å²) in [6.45, 7) is 3.42. The molecule has 5 nitrogen and oxygen atoms in total. The number of rotatable bonds is 5. The van der Waals surface area contributed by atoms with Crippen LogP contribution in [0.4, 0.5) is 5.69 Å². The molecule has 0 N–H and O–H groups in total. The quantitative estimate of drug-likeness (QED) is 0.701. The van der Waals surface area contributed by atoms with Gasteiger partial charge in [-0.1, -0.05) is 18.2 Å². The van der Waals surface area contributed by atoms with Crippen molar-refractivity contribution in [3.63, 3.8) is 0 Å². The summed E-state index contributed by atoms with van der Waals surface area (Å²) in [4.78, 5) is 28.3. The third-order valence-electron chi connectivity index (χ3n) is 6.62. The fraction of sp³-hybridized carbons (Fsp3) is 0.440. The number of amides is 1. The molecule has 0 saturated carbocycles. The normalized spacial score (nSPS) is 18.3. The Morgan fingerprint density at radius 1 is 0.933 bits per heavy atom. The minimum atomic E-state index is 0.123. The van der Waals surface area contributed by atoms with Gasteiger partial charge in [-0.15, -0.1) is 0 Å². The molecule has 2 aliphatic rings. The second-order valence-electron chi connectivity index (χ2n) is 8.31. The first-order valence-electron chi connectivity index (χ1n) is 10.9. The molecule has 2 aromatic carbocycles. The van der Waals surface area contributed by atoms with Gasteiger partial charge in [-0.2, -0.15) is 0 Å². The predicted octanol–water partition coefficient (Wildman–Crippen LogP) is 4.13. The largest absolute Gasteiger partial charge is 0.496 e. The number of carbonyl (C=O) groups is 2. The smallest absolute Gasteiger partial charge is 0.225 e. The Morgan fingerprint density at radius 2 is 1.60 bits per heavy atom. The van der Waals surface area contributed by atoms with Crippen LogP contribution in [-0.4, -0.2) is 50.4 Å². The third kappa shape index (κ3) is 4.35. The molecule has 2 heterocycles. The lowest BCUT2D eigenvalue weighted by molar-refractivity contribution is -0.137. The molecule has 2 aromatic rings. The number of aldehydes is 1. The van der Waals surface area contributed by atoms with Crippen molar-refractivity contribution in [2.75, 3.05) is 38.2 Å². The standard InChI is InChI=1S/C25H30N2O3/c1-30-24-5-3-2-4-23(24)20-10-16-27(17-11-20)25(29)21-12-14-26(15-13-21)22-8-6-19(18-28)7-9-22/h2-9,18,20-21H,10-17H2,1H3. The number of methoxy groups -OCH3 is 1. The second-order valence-corrected chi connectivity index (χ2v) is 8.31. The van der Waals surface area contributed by atoms with E-state index in [9.17, 15) is 9.59 Å². The van der Waals surface area contributed by atoms with Gasteiger partial charge in [0.25, 0.3) is 0 Å². The number of hydrogen-bond acceptors (Lipinski definition) is 4. The minimum absolute atomic E-state index is 0.123. The molecule has 4 rings (SSSR count). The Morgan fingerprint density at radius 3 is 2.23 bits per heavy atom. The molecule has 0 unspecified atom stereocenters. The summed E-state index contributed by atoms with van der Waals surface area (Å²) in [5.74, 6) is 1.86. The van der Waals surface area contributed by atoms with Crippen molar-refractivity contribution in [1.29, 1.82) is 0 Å². The van der Waals surface area contributed by atoms with E-state index in [2.05, 4.69) is 21.9 Å². The van der Waals surface area contributed by atoms with Gasteiger partial charge in [0, 0.05) is 43.3 Å². The van der Waals surface area contributed by atoms with Crippen LogP contribution in [0.15, 0.2) is 48.5 Å². The summed E-state index contributed by atoms with van der Waals surface area (Å²) in [5.41, 5.74) is 3.09. The van der Waals surface area contributed by atoms with Crippen LogP contribution in [0.1, 0.15) is 47.5 Å². The minimum Gasteiger partial charge on any atom is -0.496 e. The number of hydrogen-bond donors (Lipinski definition) is 0. The number of anilines is 1. The van der Waals surface area contributed by atoms with E-state index in [1.165, 1.54) is 5.56 Å².